The van der Waals surface area contributed by atoms with Crippen molar-refractivity contribution in [2.75, 3.05) is 11.4 Å². The molecule has 2 heterocycles. The van der Waals surface area contributed by atoms with E-state index in [-0.39, 0.29) is 5.54 Å². The van der Waals surface area contributed by atoms with Crippen molar-refractivity contribution in [2.24, 2.45) is 0 Å². The van der Waals surface area contributed by atoms with Gasteiger partial charge in [0.25, 0.3) is 0 Å². The summed E-state index contributed by atoms with van der Waals surface area (Å²) in [6.45, 7) is 9.74. The van der Waals surface area contributed by atoms with E-state index in [1.165, 1.54) is 12.8 Å². The molecular weight excluding hydrogens is 234 g/mol. The van der Waals surface area contributed by atoms with Crippen LogP contribution in [0.15, 0.2) is 6.07 Å². The average molecular weight is 254 g/mol. The minimum atomic E-state index is 0.173. The van der Waals surface area contributed by atoms with E-state index >= 15 is 0 Å². The van der Waals surface area contributed by atoms with Crippen LogP contribution in [0, 0.1) is 0 Å². The zero-order chi connectivity index (χ0) is 12.6. The lowest BCUT2D eigenvalue weighted by Crippen LogP contribution is -2.38. The largest absolute Gasteiger partial charge is 0.351 e. The number of aromatic nitrogens is 2. The van der Waals surface area contributed by atoms with Crippen molar-refractivity contribution in [3.63, 3.8) is 0 Å². The molecule has 1 aromatic heterocycles. The zero-order valence-electron chi connectivity index (χ0n) is 11.0. The quantitative estimate of drug-likeness (QED) is 0.754. The van der Waals surface area contributed by atoms with Gasteiger partial charge in [-0.3, -0.25) is 0 Å². The predicted molar refractivity (Wildman–Crippen MR) is 71.8 cm³/mol. The average Bonchev–Trinajstić information content (AvgIpc) is 2.57. The summed E-state index contributed by atoms with van der Waals surface area (Å²) in [7, 11) is 0. The Balaban J connectivity index is 2.38. The van der Waals surface area contributed by atoms with E-state index in [4.69, 9.17) is 11.6 Å². The van der Waals surface area contributed by atoms with E-state index in [0.29, 0.717) is 11.1 Å². The van der Waals surface area contributed by atoms with E-state index in [1.807, 2.05) is 6.07 Å². The molecule has 1 saturated heterocycles. The molecule has 0 aliphatic carbocycles. The summed E-state index contributed by atoms with van der Waals surface area (Å²) in [6.07, 6.45) is 2.41. The lowest BCUT2D eigenvalue weighted by Gasteiger charge is -2.33. The second-order valence-corrected chi connectivity index (χ2v) is 6.02. The van der Waals surface area contributed by atoms with Crippen LogP contribution in [0.5, 0.6) is 0 Å². The lowest BCUT2D eigenvalue weighted by atomic mass is 10.0. The number of anilines is 1. The van der Waals surface area contributed by atoms with Crippen molar-refractivity contribution in [3.8, 4) is 0 Å². The summed E-state index contributed by atoms with van der Waals surface area (Å²) >= 11 is 6.09. The lowest BCUT2D eigenvalue weighted by molar-refractivity contribution is 0.513. The number of halogens is 1. The fraction of sp³-hybridized carbons (Fsp3) is 0.692. The van der Waals surface area contributed by atoms with Gasteiger partial charge in [0.1, 0.15) is 16.8 Å². The Morgan fingerprint density at radius 3 is 2.59 bits per heavy atom. The molecule has 94 valence electrons. The molecule has 0 unspecified atom stereocenters. The normalized spacial score (nSPS) is 19.1. The first-order valence-corrected chi connectivity index (χ1v) is 6.60. The molecule has 0 saturated carbocycles. The molecule has 2 rings (SSSR count). The van der Waals surface area contributed by atoms with E-state index in [0.717, 1.165) is 18.2 Å². The molecule has 0 aromatic carbocycles. The summed E-state index contributed by atoms with van der Waals surface area (Å²) < 4.78 is 0. The molecule has 1 aromatic rings. The van der Waals surface area contributed by atoms with Crippen molar-refractivity contribution in [3.05, 3.63) is 17.0 Å². The molecule has 0 spiro atoms. The number of hydrogen-bond acceptors (Lipinski definition) is 3. The first-order chi connectivity index (χ1) is 7.90. The Hall–Kier alpha value is -0.830. The van der Waals surface area contributed by atoms with Crippen LogP contribution in [-0.2, 0) is 0 Å². The Bertz CT molecular complexity index is 415. The second-order valence-electron chi connectivity index (χ2n) is 5.63. The summed E-state index contributed by atoms with van der Waals surface area (Å²) in [5.41, 5.74) is 0.173. The van der Waals surface area contributed by atoms with Crippen LogP contribution >= 0.6 is 11.6 Å². The van der Waals surface area contributed by atoms with Gasteiger partial charge in [-0.1, -0.05) is 25.4 Å². The fourth-order valence-electron chi connectivity index (χ4n) is 2.35. The molecule has 0 bridgehead atoms. The highest BCUT2D eigenvalue weighted by atomic mass is 35.5. The van der Waals surface area contributed by atoms with Gasteiger partial charge in [0.2, 0.25) is 0 Å². The maximum absolute atomic E-state index is 6.09. The van der Waals surface area contributed by atoms with Crippen molar-refractivity contribution in [1.82, 2.24) is 9.97 Å². The Kier molecular flexibility index (Phi) is 3.30. The number of rotatable bonds is 2. The number of hydrogen-bond donors (Lipinski definition) is 0. The highest BCUT2D eigenvalue weighted by molar-refractivity contribution is 6.29. The molecular formula is C13H20ClN3. The van der Waals surface area contributed by atoms with Gasteiger partial charge in [-0.15, -0.1) is 0 Å². The van der Waals surface area contributed by atoms with Crippen molar-refractivity contribution in [2.45, 2.75) is 52.0 Å². The van der Waals surface area contributed by atoms with Crippen molar-refractivity contribution >= 4 is 17.4 Å². The third kappa shape index (κ3) is 2.54. The Morgan fingerprint density at radius 1 is 1.35 bits per heavy atom. The van der Waals surface area contributed by atoms with Gasteiger partial charge in [0.15, 0.2) is 0 Å². The minimum absolute atomic E-state index is 0.173. The highest BCUT2D eigenvalue weighted by Gasteiger charge is 2.33. The SMILES string of the molecule is CC(C)c1nc(Cl)cc(N2CCCC2(C)C)n1. The smallest absolute Gasteiger partial charge is 0.135 e. The van der Waals surface area contributed by atoms with Gasteiger partial charge >= 0.3 is 0 Å². The Labute approximate surface area is 108 Å². The van der Waals surface area contributed by atoms with Crippen LogP contribution in [0.2, 0.25) is 5.15 Å². The van der Waals surface area contributed by atoms with Crippen LogP contribution in [0.25, 0.3) is 0 Å². The zero-order valence-corrected chi connectivity index (χ0v) is 11.8. The molecule has 3 nitrogen and oxygen atoms in total. The van der Waals surface area contributed by atoms with Gasteiger partial charge in [-0.2, -0.15) is 0 Å². The third-order valence-electron chi connectivity index (χ3n) is 3.39. The van der Waals surface area contributed by atoms with Crippen LogP contribution in [0.3, 0.4) is 0 Å². The Morgan fingerprint density at radius 2 is 2.06 bits per heavy atom. The van der Waals surface area contributed by atoms with Gasteiger partial charge in [0.05, 0.1) is 0 Å². The molecule has 0 radical (unpaired) electrons. The number of nitrogens with zero attached hydrogens (tertiary/aromatic N) is 3. The van der Waals surface area contributed by atoms with Crippen LogP contribution < -0.4 is 4.90 Å². The summed E-state index contributed by atoms with van der Waals surface area (Å²) in [6, 6.07) is 1.88. The minimum Gasteiger partial charge on any atom is -0.351 e. The first-order valence-electron chi connectivity index (χ1n) is 6.22. The third-order valence-corrected chi connectivity index (χ3v) is 3.59. The fourth-order valence-corrected chi connectivity index (χ4v) is 2.54. The van der Waals surface area contributed by atoms with Gasteiger partial charge in [0, 0.05) is 24.1 Å². The molecule has 1 aliphatic rings. The molecule has 0 N–H and O–H groups in total. The van der Waals surface area contributed by atoms with Gasteiger partial charge in [-0.05, 0) is 26.7 Å². The molecule has 1 fully saturated rings. The summed E-state index contributed by atoms with van der Waals surface area (Å²) in [5.74, 6) is 2.10. The standard InChI is InChI=1S/C13H20ClN3/c1-9(2)12-15-10(14)8-11(16-12)17-7-5-6-13(17,3)4/h8-9H,5-7H2,1-4H3. The maximum Gasteiger partial charge on any atom is 0.135 e. The van der Waals surface area contributed by atoms with Crippen LogP contribution in [0.4, 0.5) is 5.82 Å². The van der Waals surface area contributed by atoms with E-state index in [9.17, 15) is 0 Å². The van der Waals surface area contributed by atoms with E-state index < -0.39 is 0 Å². The monoisotopic (exact) mass is 253 g/mol. The summed E-state index contributed by atoms with van der Waals surface area (Å²) in [5, 5.41) is 0.543. The summed E-state index contributed by atoms with van der Waals surface area (Å²) in [4.78, 5) is 11.3. The molecule has 17 heavy (non-hydrogen) atoms. The molecule has 4 heteroatoms. The van der Waals surface area contributed by atoms with Crippen LogP contribution in [-0.4, -0.2) is 22.1 Å². The van der Waals surface area contributed by atoms with Crippen molar-refractivity contribution < 1.29 is 0 Å². The van der Waals surface area contributed by atoms with Crippen molar-refractivity contribution in [1.29, 1.82) is 0 Å². The topological polar surface area (TPSA) is 29.0 Å². The predicted octanol–water partition coefficient (Wildman–Crippen LogP) is 3.63. The van der Waals surface area contributed by atoms with E-state index in [2.05, 4.69) is 42.6 Å². The maximum atomic E-state index is 6.09. The first kappa shape index (κ1) is 12.6. The molecule has 0 atom stereocenters. The van der Waals surface area contributed by atoms with E-state index in [1.54, 1.807) is 0 Å². The molecule has 1 aliphatic heterocycles. The second kappa shape index (κ2) is 4.45. The van der Waals surface area contributed by atoms with Gasteiger partial charge < -0.3 is 4.90 Å². The molecule has 0 amide bonds. The highest BCUT2D eigenvalue weighted by Crippen LogP contribution is 2.33. The van der Waals surface area contributed by atoms with Gasteiger partial charge in [-0.25, -0.2) is 9.97 Å². The van der Waals surface area contributed by atoms with Crippen LogP contribution in [0.1, 0.15) is 52.3 Å².